The smallest absolute Gasteiger partial charge is 0.199 e. The average Bonchev–Trinajstić information content (AvgIpc) is 3.53. The van der Waals surface area contributed by atoms with Crippen LogP contribution in [-0.4, -0.2) is 26.7 Å². The molecule has 8 heteroatoms. The molecule has 0 amide bonds. The second-order valence-electron chi connectivity index (χ2n) is 8.17. The second-order valence-corrected chi connectivity index (χ2v) is 8.17. The lowest BCUT2D eigenvalue weighted by Crippen LogP contribution is -2.28. The largest absolute Gasteiger partial charge is 0.451 e. The molecule has 0 saturated carbocycles. The van der Waals surface area contributed by atoms with E-state index in [1.807, 2.05) is 37.3 Å². The fraction of sp³-hybridized carbons (Fsp3) is 0.115. The molecule has 1 atom stereocenters. The predicted octanol–water partition coefficient (Wildman–Crippen LogP) is 6.07. The number of imidazole rings is 1. The van der Waals surface area contributed by atoms with E-state index in [9.17, 15) is 18.3 Å². The second kappa shape index (κ2) is 8.39. The molecule has 2 heterocycles. The van der Waals surface area contributed by atoms with Crippen molar-refractivity contribution in [3.63, 3.8) is 0 Å². The molecule has 0 saturated heterocycles. The number of halogens is 3. The Bertz CT molecular complexity index is 1480. The molecule has 172 valence electrons. The molecule has 0 aliphatic rings. The monoisotopic (exact) mass is 463 g/mol. The van der Waals surface area contributed by atoms with E-state index in [-0.39, 0.29) is 29.1 Å². The molecule has 34 heavy (non-hydrogen) atoms. The third-order valence-electron chi connectivity index (χ3n) is 5.99. The molecular formula is C26H20F3N3O2. The number of aliphatic hydroxyl groups excluding tert-OH is 1. The van der Waals surface area contributed by atoms with Crippen molar-refractivity contribution in [3.8, 4) is 22.9 Å². The third kappa shape index (κ3) is 3.62. The summed E-state index contributed by atoms with van der Waals surface area (Å²) in [6, 6.07) is 15.7. The van der Waals surface area contributed by atoms with Crippen LogP contribution in [0.3, 0.4) is 0 Å². The zero-order chi connectivity index (χ0) is 23.9. The Morgan fingerprint density at radius 1 is 0.971 bits per heavy atom. The van der Waals surface area contributed by atoms with Crippen molar-refractivity contribution >= 4 is 10.9 Å². The minimum Gasteiger partial charge on any atom is -0.451 e. The summed E-state index contributed by atoms with van der Waals surface area (Å²) in [5.74, 6) is -2.70. The SMILES string of the molecule is CC(CO)(c1ccccc1)c1c[nH]c(-c2cc(Oc3c(F)cc4[nH]ccc4c3F)ccc2F)n1. The van der Waals surface area contributed by atoms with Gasteiger partial charge in [0.05, 0.1) is 28.8 Å². The molecule has 5 rings (SSSR count). The number of aromatic amines is 2. The highest BCUT2D eigenvalue weighted by Gasteiger charge is 2.31. The van der Waals surface area contributed by atoms with Gasteiger partial charge in [0, 0.05) is 23.8 Å². The summed E-state index contributed by atoms with van der Waals surface area (Å²) in [7, 11) is 0. The molecule has 5 aromatic rings. The highest BCUT2D eigenvalue weighted by molar-refractivity contribution is 5.82. The van der Waals surface area contributed by atoms with Crippen molar-refractivity contribution in [1.82, 2.24) is 15.0 Å². The Morgan fingerprint density at radius 3 is 2.53 bits per heavy atom. The maximum Gasteiger partial charge on any atom is 0.199 e. The highest BCUT2D eigenvalue weighted by Crippen LogP contribution is 2.36. The molecule has 0 aliphatic heterocycles. The van der Waals surface area contributed by atoms with Gasteiger partial charge in [0.25, 0.3) is 0 Å². The van der Waals surface area contributed by atoms with Crippen LogP contribution in [0, 0.1) is 17.5 Å². The first-order valence-corrected chi connectivity index (χ1v) is 10.6. The summed E-state index contributed by atoms with van der Waals surface area (Å²) in [6.07, 6.45) is 3.10. The van der Waals surface area contributed by atoms with Gasteiger partial charge in [-0.25, -0.2) is 18.2 Å². The Hall–Kier alpha value is -4.04. The first kappa shape index (κ1) is 21.8. The van der Waals surface area contributed by atoms with Crippen LogP contribution in [0.15, 0.2) is 73.1 Å². The van der Waals surface area contributed by atoms with Crippen molar-refractivity contribution in [2.75, 3.05) is 6.61 Å². The summed E-state index contributed by atoms with van der Waals surface area (Å²) in [4.78, 5) is 10.2. The van der Waals surface area contributed by atoms with Crippen LogP contribution in [0.4, 0.5) is 13.2 Å². The molecule has 5 nitrogen and oxygen atoms in total. The first-order chi connectivity index (χ1) is 16.4. The number of H-pyrrole nitrogens is 2. The normalized spacial score (nSPS) is 13.2. The highest BCUT2D eigenvalue weighted by atomic mass is 19.1. The third-order valence-corrected chi connectivity index (χ3v) is 5.99. The number of ether oxygens (including phenoxy) is 1. The average molecular weight is 463 g/mol. The summed E-state index contributed by atoms with van der Waals surface area (Å²) in [6.45, 7) is 1.62. The fourth-order valence-corrected chi connectivity index (χ4v) is 3.94. The van der Waals surface area contributed by atoms with Crippen LogP contribution in [0.25, 0.3) is 22.3 Å². The number of aliphatic hydroxyl groups is 1. The van der Waals surface area contributed by atoms with Gasteiger partial charge in [0.1, 0.15) is 17.4 Å². The fourth-order valence-electron chi connectivity index (χ4n) is 3.94. The zero-order valence-corrected chi connectivity index (χ0v) is 18.1. The summed E-state index contributed by atoms with van der Waals surface area (Å²) >= 11 is 0. The number of nitrogens with one attached hydrogen (secondary N) is 2. The maximum absolute atomic E-state index is 14.8. The van der Waals surface area contributed by atoms with Gasteiger partial charge < -0.3 is 19.8 Å². The molecule has 0 aliphatic carbocycles. The lowest BCUT2D eigenvalue weighted by Gasteiger charge is -2.25. The molecule has 2 aromatic heterocycles. The molecule has 1 unspecified atom stereocenters. The van der Waals surface area contributed by atoms with Crippen molar-refractivity contribution in [3.05, 3.63) is 102 Å². The zero-order valence-electron chi connectivity index (χ0n) is 18.1. The lowest BCUT2D eigenvalue weighted by atomic mass is 9.80. The predicted molar refractivity (Wildman–Crippen MR) is 122 cm³/mol. The van der Waals surface area contributed by atoms with E-state index in [0.717, 1.165) is 17.7 Å². The summed E-state index contributed by atoms with van der Waals surface area (Å²) < 4.78 is 49.5. The molecule has 3 N–H and O–H groups in total. The van der Waals surface area contributed by atoms with Crippen LogP contribution in [-0.2, 0) is 5.41 Å². The van der Waals surface area contributed by atoms with Crippen LogP contribution >= 0.6 is 0 Å². The lowest BCUT2D eigenvalue weighted by molar-refractivity contribution is 0.228. The molecular weight excluding hydrogens is 443 g/mol. The van der Waals surface area contributed by atoms with Gasteiger partial charge in [0.2, 0.25) is 0 Å². The topological polar surface area (TPSA) is 73.9 Å². The van der Waals surface area contributed by atoms with E-state index in [1.165, 1.54) is 24.4 Å². The van der Waals surface area contributed by atoms with Crippen LogP contribution in [0.5, 0.6) is 11.5 Å². The van der Waals surface area contributed by atoms with E-state index in [1.54, 1.807) is 6.20 Å². The standard InChI is InChI=1S/C26H20F3N3O2/c1-26(14-33,15-5-3-2-4-6-15)22-13-31-25(32-22)18-11-16(7-8-19(18)27)34-24-20(28)12-21-17(23(24)29)9-10-30-21/h2-13,30,33H,14H2,1H3,(H,31,32). The molecule has 0 fully saturated rings. The molecule has 0 spiro atoms. The number of benzene rings is 3. The van der Waals surface area contributed by atoms with Gasteiger partial charge >= 0.3 is 0 Å². The number of nitrogens with zero attached hydrogens (tertiary/aromatic N) is 1. The minimum atomic E-state index is -0.889. The number of hydrogen-bond donors (Lipinski definition) is 3. The van der Waals surface area contributed by atoms with E-state index < -0.39 is 28.6 Å². The van der Waals surface area contributed by atoms with Crippen molar-refractivity contribution in [2.24, 2.45) is 0 Å². The van der Waals surface area contributed by atoms with Crippen molar-refractivity contribution < 1.29 is 23.0 Å². The van der Waals surface area contributed by atoms with Crippen LogP contribution < -0.4 is 4.74 Å². The van der Waals surface area contributed by atoms with Crippen molar-refractivity contribution in [2.45, 2.75) is 12.3 Å². The molecule has 0 radical (unpaired) electrons. The Morgan fingerprint density at radius 2 is 1.76 bits per heavy atom. The summed E-state index contributed by atoms with van der Waals surface area (Å²) in [5.41, 5.74) is 0.895. The van der Waals surface area contributed by atoms with Gasteiger partial charge in [-0.2, -0.15) is 0 Å². The van der Waals surface area contributed by atoms with Gasteiger partial charge in [-0.3, -0.25) is 0 Å². The van der Waals surface area contributed by atoms with E-state index in [2.05, 4.69) is 15.0 Å². The summed E-state index contributed by atoms with van der Waals surface area (Å²) in [5, 5.41) is 10.3. The van der Waals surface area contributed by atoms with E-state index in [0.29, 0.717) is 11.2 Å². The van der Waals surface area contributed by atoms with E-state index >= 15 is 0 Å². The minimum absolute atomic E-state index is 0.0371. The number of hydrogen-bond acceptors (Lipinski definition) is 3. The van der Waals surface area contributed by atoms with Gasteiger partial charge in [0.15, 0.2) is 17.4 Å². The Kier molecular flexibility index (Phi) is 5.37. The van der Waals surface area contributed by atoms with Gasteiger partial charge in [-0.05, 0) is 36.8 Å². The van der Waals surface area contributed by atoms with Crippen LogP contribution in [0.1, 0.15) is 18.2 Å². The molecule has 0 bridgehead atoms. The van der Waals surface area contributed by atoms with E-state index in [4.69, 9.17) is 4.74 Å². The maximum atomic E-state index is 14.8. The van der Waals surface area contributed by atoms with Crippen LogP contribution in [0.2, 0.25) is 0 Å². The Labute approximate surface area is 192 Å². The molecule has 3 aromatic carbocycles. The number of aromatic nitrogens is 3. The number of rotatable bonds is 6. The van der Waals surface area contributed by atoms with Gasteiger partial charge in [-0.1, -0.05) is 30.3 Å². The number of fused-ring (bicyclic) bond motifs is 1. The quantitative estimate of drug-likeness (QED) is 0.286. The first-order valence-electron chi connectivity index (χ1n) is 10.6. The van der Waals surface area contributed by atoms with Gasteiger partial charge in [-0.15, -0.1) is 0 Å². The Balaban J connectivity index is 1.51. The van der Waals surface area contributed by atoms with Crippen molar-refractivity contribution in [1.29, 1.82) is 0 Å².